The highest BCUT2D eigenvalue weighted by Gasteiger charge is 2.34. The molecule has 3 N–H and O–H groups in total. The van der Waals surface area contributed by atoms with Gasteiger partial charge in [0.1, 0.15) is 11.6 Å². The second kappa shape index (κ2) is 10.8. The Morgan fingerprint density at radius 3 is 2.44 bits per heavy atom. The van der Waals surface area contributed by atoms with Crippen molar-refractivity contribution in [1.29, 1.82) is 0 Å². The van der Waals surface area contributed by atoms with E-state index in [4.69, 9.17) is 15.3 Å². The number of nitrogens with zero attached hydrogens (tertiary/aromatic N) is 2. The van der Waals surface area contributed by atoms with E-state index < -0.39 is 47.3 Å². The number of hydrogen-bond acceptors (Lipinski definition) is 9. The van der Waals surface area contributed by atoms with E-state index in [-0.39, 0.29) is 32.1 Å². The van der Waals surface area contributed by atoms with Crippen LogP contribution in [-0.2, 0) is 40.0 Å². The molecule has 1 aromatic rings. The van der Waals surface area contributed by atoms with Gasteiger partial charge in [0, 0.05) is 25.2 Å². The molecule has 1 fully saturated rings. The summed E-state index contributed by atoms with van der Waals surface area (Å²) in [5.74, 6) is -3.47. The van der Waals surface area contributed by atoms with Crippen LogP contribution in [0, 0.1) is 0 Å². The lowest BCUT2D eigenvalue weighted by Crippen LogP contribution is -2.50. The predicted molar refractivity (Wildman–Crippen MR) is 110 cm³/mol. The first kappa shape index (κ1) is 24.9. The van der Waals surface area contributed by atoms with Crippen molar-refractivity contribution in [3.8, 4) is 0 Å². The van der Waals surface area contributed by atoms with Gasteiger partial charge in [0.15, 0.2) is 0 Å². The lowest BCUT2D eigenvalue weighted by atomic mass is 10.1. The van der Waals surface area contributed by atoms with Crippen LogP contribution in [0.2, 0.25) is 0 Å². The number of hydrogen-bond donors (Lipinski definition) is 2. The summed E-state index contributed by atoms with van der Waals surface area (Å²) in [7, 11) is 0. The van der Waals surface area contributed by atoms with Crippen LogP contribution in [-0.4, -0.2) is 57.4 Å². The molecule has 1 saturated heterocycles. The van der Waals surface area contributed by atoms with E-state index in [1.54, 1.807) is 45.3 Å². The number of imide groups is 1. The van der Waals surface area contributed by atoms with E-state index in [2.05, 4.69) is 10.3 Å². The Hall–Kier alpha value is -3.34. The molecule has 0 unspecified atom stereocenters. The minimum absolute atomic E-state index is 0.0302. The van der Waals surface area contributed by atoms with Gasteiger partial charge in [-0.15, -0.1) is 5.06 Å². The van der Waals surface area contributed by atoms with Crippen LogP contribution in [0.25, 0.3) is 0 Å². The van der Waals surface area contributed by atoms with Gasteiger partial charge in [0.25, 0.3) is 11.8 Å². The van der Waals surface area contributed by atoms with Crippen LogP contribution >= 0.6 is 0 Å². The van der Waals surface area contributed by atoms with Crippen LogP contribution in [0.5, 0.6) is 0 Å². The molecule has 2 heterocycles. The van der Waals surface area contributed by atoms with Gasteiger partial charge in [-0.2, -0.15) is 0 Å². The maximum Gasteiger partial charge on any atom is 0.333 e. The SMILES string of the molecule is CC(C)(C)OC(=O)[C@H](CCC(=O)ON1C(=O)CCC1=O)NC(=O)[C@@H](N)Cc1cccnc1. The van der Waals surface area contributed by atoms with Gasteiger partial charge < -0.3 is 20.6 Å². The second-order valence-corrected chi connectivity index (χ2v) is 8.35. The van der Waals surface area contributed by atoms with Crippen molar-refractivity contribution in [2.24, 2.45) is 5.73 Å². The van der Waals surface area contributed by atoms with Crippen LogP contribution in [0.4, 0.5) is 0 Å². The van der Waals surface area contributed by atoms with E-state index in [1.807, 2.05) is 0 Å². The number of rotatable bonds is 9. The van der Waals surface area contributed by atoms with Gasteiger partial charge in [-0.25, -0.2) is 9.59 Å². The third kappa shape index (κ3) is 7.73. The predicted octanol–water partition coefficient (Wildman–Crippen LogP) is 0.165. The molecule has 0 bridgehead atoms. The normalized spacial score (nSPS) is 15.8. The van der Waals surface area contributed by atoms with E-state index in [0.717, 1.165) is 5.56 Å². The third-order valence-corrected chi connectivity index (χ3v) is 4.36. The molecule has 11 nitrogen and oxygen atoms in total. The van der Waals surface area contributed by atoms with Crippen molar-refractivity contribution < 1.29 is 33.5 Å². The van der Waals surface area contributed by atoms with Gasteiger partial charge >= 0.3 is 11.9 Å². The minimum atomic E-state index is -1.18. The number of esters is 1. The quantitative estimate of drug-likeness (QED) is 0.396. The second-order valence-electron chi connectivity index (χ2n) is 8.35. The largest absolute Gasteiger partial charge is 0.458 e. The summed E-state index contributed by atoms with van der Waals surface area (Å²) in [5.41, 5.74) is 5.87. The zero-order valence-corrected chi connectivity index (χ0v) is 18.3. The summed E-state index contributed by atoms with van der Waals surface area (Å²) < 4.78 is 5.32. The number of carbonyl (C=O) groups is 5. The molecular formula is C21H28N4O7. The molecule has 0 spiro atoms. The van der Waals surface area contributed by atoms with Gasteiger partial charge in [0.2, 0.25) is 5.91 Å². The summed E-state index contributed by atoms with van der Waals surface area (Å²) in [6.07, 6.45) is 2.79. The van der Waals surface area contributed by atoms with Crippen LogP contribution < -0.4 is 11.1 Å². The average Bonchev–Trinajstić information content (AvgIpc) is 3.02. The molecule has 32 heavy (non-hydrogen) atoms. The Morgan fingerprint density at radius 2 is 1.88 bits per heavy atom. The van der Waals surface area contributed by atoms with E-state index >= 15 is 0 Å². The average molecular weight is 448 g/mol. The smallest absolute Gasteiger partial charge is 0.333 e. The molecule has 0 radical (unpaired) electrons. The number of ether oxygens (including phenoxy) is 1. The summed E-state index contributed by atoms with van der Waals surface area (Å²) in [6, 6.07) is 1.34. The first-order chi connectivity index (χ1) is 15.0. The number of nitrogens with two attached hydrogens (primary N) is 1. The highest BCUT2D eigenvalue weighted by atomic mass is 16.7. The molecule has 3 amide bonds. The number of carbonyl (C=O) groups excluding carboxylic acids is 5. The summed E-state index contributed by atoms with van der Waals surface area (Å²) in [6.45, 7) is 4.99. The molecule has 0 saturated carbocycles. The number of amides is 3. The molecule has 11 heteroatoms. The van der Waals surface area contributed by atoms with E-state index in [1.165, 1.54) is 0 Å². The fourth-order valence-corrected chi connectivity index (χ4v) is 2.83. The van der Waals surface area contributed by atoms with Gasteiger partial charge in [-0.3, -0.25) is 19.4 Å². The summed E-state index contributed by atoms with van der Waals surface area (Å²) >= 11 is 0. The Labute approximate surface area is 185 Å². The Kier molecular flexibility index (Phi) is 8.41. The first-order valence-electron chi connectivity index (χ1n) is 10.2. The van der Waals surface area contributed by atoms with Crippen molar-refractivity contribution in [2.45, 2.75) is 70.6 Å². The lowest BCUT2D eigenvalue weighted by molar-refractivity contribution is -0.197. The highest BCUT2D eigenvalue weighted by Crippen LogP contribution is 2.15. The number of aromatic nitrogens is 1. The van der Waals surface area contributed by atoms with E-state index in [9.17, 15) is 24.0 Å². The summed E-state index contributed by atoms with van der Waals surface area (Å²) in [5, 5.41) is 2.94. The molecule has 174 valence electrons. The molecular weight excluding hydrogens is 420 g/mol. The van der Waals surface area contributed by atoms with Gasteiger partial charge in [0.05, 0.1) is 12.5 Å². The zero-order chi connectivity index (χ0) is 23.9. The number of hydroxylamine groups is 2. The fourth-order valence-electron chi connectivity index (χ4n) is 2.83. The van der Waals surface area contributed by atoms with Crippen LogP contribution in [0.3, 0.4) is 0 Å². The Morgan fingerprint density at radius 1 is 1.22 bits per heavy atom. The monoisotopic (exact) mass is 448 g/mol. The van der Waals surface area contributed by atoms with Crippen molar-refractivity contribution in [1.82, 2.24) is 15.4 Å². The molecule has 1 aliphatic heterocycles. The van der Waals surface area contributed by atoms with Crippen LogP contribution in [0.15, 0.2) is 24.5 Å². The summed E-state index contributed by atoms with van der Waals surface area (Å²) in [4.78, 5) is 69.1. The maximum atomic E-state index is 12.6. The van der Waals surface area contributed by atoms with E-state index in [0.29, 0.717) is 5.06 Å². The standard InChI is InChI=1S/C21H28N4O7/c1-21(2,3)31-20(30)15(6-9-18(28)32-25-16(26)7-8-17(25)27)24-19(29)14(22)11-13-5-4-10-23-12-13/h4-5,10,12,14-15H,6-9,11,22H2,1-3H3,(H,24,29)/t14-,15-/m0/s1. The van der Waals surface area contributed by atoms with Crippen molar-refractivity contribution in [2.75, 3.05) is 0 Å². The lowest BCUT2D eigenvalue weighted by Gasteiger charge is -2.25. The topological polar surface area (TPSA) is 158 Å². The molecule has 0 aliphatic carbocycles. The minimum Gasteiger partial charge on any atom is -0.458 e. The highest BCUT2D eigenvalue weighted by molar-refractivity contribution is 6.01. The first-order valence-corrected chi connectivity index (χ1v) is 10.2. The molecule has 2 atom stereocenters. The molecule has 1 aliphatic rings. The van der Waals surface area contributed by atoms with Crippen LogP contribution in [0.1, 0.15) is 52.0 Å². The van der Waals surface area contributed by atoms with Gasteiger partial charge in [-0.1, -0.05) is 6.07 Å². The Bertz CT molecular complexity index is 851. The number of pyridine rings is 1. The third-order valence-electron chi connectivity index (χ3n) is 4.36. The van der Waals surface area contributed by atoms with Crippen molar-refractivity contribution >= 4 is 29.7 Å². The molecule has 2 rings (SSSR count). The number of nitrogens with one attached hydrogen (secondary N) is 1. The van der Waals surface area contributed by atoms with Crippen molar-refractivity contribution in [3.63, 3.8) is 0 Å². The fraction of sp³-hybridized carbons (Fsp3) is 0.524. The Balaban J connectivity index is 1.99. The zero-order valence-electron chi connectivity index (χ0n) is 18.3. The van der Waals surface area contributed by atoms with Gasteiger partial charge in [-0.05, 0) is 45.2 Å². The van der Waals surface area contributed by atoms with Crippen molar-refractivity contribution in [3.05, 3.63) is 30.1 Å². The molecule has 0 aromatic carbocycles. The maximum absolute atomic E-state index is 12.6. The molecule has 1 aromatic heterocycles.